The number of nitrogens with two attached hydrogens (primary N) is 1. The molecule has 19 heavy (non-hydrogen) atoms. The van der Waals surface area contributed by atoms with Gasteiger partial charge in [-0.15, -0.1) is 0 Å². The smallest absolute Gasteiger partial charge is 0.387 e. The minimum absolute atomic E-state index is 0.0658. The summed E-state index contributed by atoms with van der Waals surface area (Å²) in [5, 5.41) is 11.7. The molecule has 0 amide bonds. The third-order valence-corrected chi connectivity index (χ3v) is 2.67. The zero-order valence-corrected chi connectivity index (χ0v) is 10.4. The Labute approximate surface area is 109 Å². The summed E-state index contributed by atoms with van der Waals surface area (Å²) >= 11 is 0. The Balaban J connectivity index is 2.69. The molecule has 0 spiro atoms. The van der Waals surface area contributed by atoms with Crippen molar-refractivity contribution in [2.45, 2.75) is 0 Å². The number of anilines is 1. The van der Waals surface area contributed by atoms with E-state index in [1.54, 1.807) is 31.4 Å². The van der Waals surface area contributed by atoms with Crippen LogP contribution >= 0.6 is 0 Å². The van der Waals surface area contributed by atoms with E-state index in [2.05, 4.69) is 4.98 Å². The molecule has 0 radical (unpaired) electrons. The van der Waals surface area contributed by atoms with Crippen LogP contribution in [0.1, 0.15) is 5.56 Å². The number of para-hydroxylation sites is 1. The number of rotatable bonds is 4. The molecule has 6 nitrogen and oxygen atoms in total. The maximum atomic E-state index is 11.0. The zero-order chi connectivity index (χ0) is 13.8. The number of nitrogen functional groups attached to an aromatic ring is 1. The lowest BCUT2D eigenvalue weighted by molar-refractivity contribution is -0.388. The van der Waals surface area contributed by atoms with Gasteiger partial charge in [-0.2, -0.15) is 0 Å². The molecule has 0 aliphatic rings. The number of nitro groups is 1. The van der Waals surface area contributed by atoms with E-state index in [9.17, 15) is 10.1 Å². The van der Waals surface area contributed by atoms with Crippen molar-refractivity contribution < 1.29 is 9.66 Å². The molecule has 0 unspecified atom stereocenters. The third-order valence-electron chi connectivity index (χ3n) is 2.67. The number of methoxy groups -OCH3 is 1. The second-order valence-electron chi connectivity index (χ2n) is 3.89. The van der Waals surface area contributed by atoms with Gasteiger partial charge in [-0.25, -0.2) is 0 Å². The standard InChI is InChI=1S/C13H13N3O3/c1-19-8-4-6-10-9-5-2-3-7-11(9)15-13(12(10)14)16(17)18/h2-7H,8,14H2,1H3. The lowest BCUT2D eigenvalue weighted by Crippen LogP contribution is -2.02. The Bertz CT molecular complexity index is 653. The van der Waals surface area contributed by atoms with Crippen LogP contribution in [-0.4, -0.2) is 23.6 Å². The minimum Gasteiger partial charge on any atom is -0.391 e. The maximum absolute atomic E-state index is 11.0. The van der Waals surface area contributed by atoms with Crippen LogP contribution in [0.25, 0.3) is 17.0 Å². The summed E-state index contributed by atoms with van der Waals surface area (Å²) in [4.78, 5) is 14.4. The van der Waals surface area contributed by atoms with Gasteiger partial charge in [0, 0.05) is 18.1 Å². The summed E-state index contributed by atoms with van der Waals surface area (Å²) < 4.78 is 4.92. The molecule has 2 N–H and O–H groups in total. The Morgan fingerprint density at radius 1 is 1.47 bits per heavy atom. The zero-order valence-electron chi connectivity index (χ0n) is 10.4. The second-order valence-corrected chi connectivity index (χ2v) is 3.89. The van der Waals surface area contributed by atoms with Crippen LogP contribution in [-0.2, 0) is 4.74 Å². The molecule has 1 heterocycles. The van der Waals surface area contributed by atoms with Gasteiger partial charge in [-0.3, -0.25) is 0 Å². The van der Waals surface area contributed by atoms with E-state index in [4.69, 9.17) is 10.5 Å². The highest BCUT2D eigenvalue weighted by molar-refractivity contribution is 5.95. The molecule has 2 rings (SSSR count). The number of pyridine rings is 1. The summed E-state index contributed by atoms with van der Waals surface area (Å²) in [6.45, 7) is 0.407. The molecule has 0 atom stereocenters. The van der Waals surface area contributed by atoms with Gasteiger partial charge in [0.25, 0.3) is 0 Å². The van der Waals surface area contributed by atoms with Crippen LogP contribution in [0.5, 0.6) is 0 Å². The summed E-state index contributed by atoms with van der Waals surface area (Å²) in [6, 6.07) is 7.16. The van der Waals surface area contributed by atoms with E-state index in [1.807, 2.05) is 12.1 Å². The third kappa shape index (κ3) is 2.53. The SMILES string of the molecule is COCC=Cc1c(N)c([N+](=O)[O-])nc2ccccc12. The average molecular weight is 259 g/mol. The highest BCUT2D eigenvalue weighted by Gasteiger charge is 2.19. The fourth-order valence-electron chi connectivity index (χ4n) is 1.82. The molecule has 1 aromatic carbocycles. The number of ether oxygens (including phenoxy) is 1. The largest absolute Gasteiger partial charge is 0.391 e. The maximum Gasteiger partial charge on any atom is 0.387 e. The number of hydrogen-bond acceptors (Lipinski definition) is 5. The molecule has 6 heteroatoms. The Kier molecular flexibility index (Phi) is 3.72. The molecular formula is C13H13N3O3. The lowest BCUT2D eigenvalue weighted by Gasteiger charge is -2.05. The molecule has 0 bridgehead atoms. The highest BCUT2D eigenvalue weighted by atomic mass is 16.6. The molecule has 2 aromatic rings. The average Bonchev–Trinajstić information content (AvgIpc) is 2.40. The first kappa shape index (κ1) is 13.0. The summed E-state index contributed by atoms with van der Waals surface area (Å²) in [6.07, 6.45) is 3.47. The molecule has 0 fully saturated rings. The van der Waals surface area contributed by atoms with Crippen molar-refractivity contribution in [1.29, 1.82) is 0 Å². The van der Waals surface area contributed by atoms with Gasteiger partial charge in [0.05, 0.1) is 6.61 Å². The fraction of sp³-hybridized carbons (Fsp3) is 0.154. The van der Waals surface area contributed by atoms with E-state index < -0.39 is 4.92 Å². The van der Waals surface area contributed by atoms with E-state index in [1.165, 1.54) is 0 Å². The number of fused-ring (bicyclic) bond motifs is 1. The van der Waals surface area contributed by atoms with E-state index in [-0.39, 0.29) is 11.5 Å². The van der Waals surface area contributed by atoms with Crippen molar-refractivity contribution in [3.05, 3.63) is 46.0 Å². The fourth-order valence-corrected chi connectivity index (χ4v) is 1.82. The van der Waals surface area contributed by atoms with Crippen molar-refractivity contribution in [1.82, 2.24) is 4.98 Å². The van der Waals surface area contributed by atoms with Gasteiger partial charge >= 0.3 is 5.82 Å². The van der Waals surface area contributed by atoms with Crippen LogP contribution < -0.4 is 5.73 Å². The number of benzene rings is 1. The van der Waals surface area contributed by atoms with Crippen LogP contribution in [0.15, 0.2) is 30.3 Å². The minimum atomic E-state index is -0.574. The van der Waals surface area contributed by atoms with E-state index >= 15 is 0 Å². The van der Waals surface area contributed by atoms with Gasteiger partial charge < -0.3 is 20.6 Å². The van der Waals surface area contributed by atoms with Crippen LogP contribution in [0.2, 0.25) is 0 Å². The highest BCUT2D eigenvalue weighted by Crippen LogP contribution is 2.30. The molecule has 0 aliphatic heterocycles. The molecular weight excluding hydrogens is 246 g/mol. The number of aromatic nitrogens is 1. The van der Waals surface area contributed by atoms with Crippen molar-refractivity contribution in [2.24, 2.45) is 0 Å². The summed E-state index contributed by atoms with van der Waals surface area (Å²) in [5.41, 5.74) is 7.04. The molecule has 0 saturated heterocycles. The van der Waals surface area contributed by atoms with Gasteiger partial charge in [0.2, 0.25) is 0 Å². The van der Waals surface area contributed by atoms with E-state index in [0.717, 1.165) is 5.39 Å². The van der Waals surface area contributed by atoms with Crippen molar-refractivity contribution in [2.75, 3.05) is 19.5 Å². The van der Waals surface area contributed by atoms with Crippen molar-refractivity contribution in [3.8, 4) is 0 Å². The predicted octanol–water partition coefficient (Wildman–Crippen LogP) is 2.38. The Hall–Kier alpha value is -2.47. The van der Waals surface area contributed by atoms with Gasteiger partial charge in [0.1, 0.15) is 5.69 Å². The lowest BCUT2D eigenvalue weighted by atomic mass is 10.1. The summed E-state index contributed by atoms with van der Waals surface area (Å²) in [7, 11) is 1.57. The molecule has 98 valence electrons. The second kappa shape index (κ2) is 5.45. The number of hydrogen-bond donors (Lipinski definition) is 1. The molecule has 0 saturated carbocycles. The van der Waals surface area contributed by atoms with Crippen LogP contribution in [0.3, 0.4) is 0 Å². The predicted molar refractivity (Wildman–Crippen MR) is 73.7 cm³/mol. The quantitative estimate of drug-likeness (QED) is 0.672. The summed E-state index contributed by atoms with van der Waals surface area (Å²) in [5.74, 6) is -0.323. The van der Waals surface area contributed by atoms with E-state index in [0.29, 0.717) is 17.7 Å². The first-order chi connectivity index (χ1) is 9.15. The van der Waals surface area contributed by atoms with Crippen molar-refractivity contribution in [3.63, 3.8) is 0 Å². The topological polar surface area (TPSA) is 91.3 Å². The monoisotopic (exact) mass is 259 g/mol. The Morgan fingerprint density at radius 3 is 2.89 bits per heavy atom. The number of nitrogens with zero attached hydrogens (tertiary/aromatic N) is 2. The Morgan fingerprint density at radius 2 is 2.21 bits per heavy atom. The molecule has 0 aliphatic carbocycles. The van der Waals surface area contributed by atoms with Crippen LogP contribution in [0.4, 0.5) is 11.5 Å². The van der Waals surface area contributed by atoms with Crippen molar-refractivity contribution >= 4 is 28.5 Å². The van der Waals surface area contributed by atoms with Gasteiger partial charge in [-0.1, -0.05) is 24.3 Å². The van der Waals surface area contributed by atoms with Gasteiger partial charge in [0.15, 0.2) is 5.52 Å². The first-order valence-corrected chi connectivity index (χ1v) is 5.63. The van der Waals surface area contributed by atoms with Crippen LogP contribution in [0, 0.1) is 10.1 Å². The van der Waals surface area contributed by atoms with Gasteiger partial charge in [-0.05, 0) is 22.0 Å². The first-order valence-electron chi connectivity index (χ1n) is 5.63. The molecule has 1 aromatic heterocycles. The normalized spacial score (nSPS) is 11.2.